The van der Waals surface area contributed by atoms with E-state index < -0.39 is 11.9 Å². The van der Waals surface area contributed by atoms with Gasteiger partial charge >= 0.3 is 5.97 Å². The molecule has 1 aromatic carbocycles. The number of aliphatic carboxylic acids is 1. The largest absolute Gasteiger partial charge is 0.481 e. The fraction of sp³-hybridized carbons (Fsp3) is 0.417. The molecule has 14 heavy (non-hydrogen) atoms. The van der Waals surface area contributed by atoms with Crippen LogP contribution in [0.4, 0.5) is 0 Å². The molecule has 1 aromatic rings. The summed E-state index contributed by atoms with van der Waals surface area (Å²) >= 11 is 0. The van der Waals surface area contributed by atoms with Crippen molar-refractivity contribution in [2.75, 3.05) is 0 Å². The summed E-state index contributed by atoms with van der Waals surface area (Å²) in [4.78, 5) is 10.7. The van der Waals surface area contributed by atoms with Crippen molar-refractivity contribution in [1.29, 1.82) is 0 Å². The van der Waals surface area contributed by atoms with Gasteiger partial charge in [-0.15, -0.1) is 0 Å². The van der Waals surface area contributed by atoms with Crippen molar-refractivity contribution in [1.82, 2.24) is 0 Å². The number of benzene rings is 1. The standard InChI is InChI=1S/C12H16O2/c1-8(2)10-4-6-11(7-5-10)9(3)12(13)14/h4-9H,1-3H3,(H,13,14)/t9-/m1/s1. The fourth-order valence-corrected chi connectivity index (χ4v) is 1.31. The fourth-order valence-electron chi connectivity index (χ4n) is 1.31. The maximum atomic E-state index is 10.7. The van der Waals surface area contributed by atoms with Crippen LogP contribution in [0, 0.1) is 0 Å². The molecule has 0 heterocycles. The van der Waals surface area contributed by atoms with Gasteiger partial charge in [-0.25, -0.2) is 0 Å². The van der Waals surface area contributed by atoms with Crippen molar-refractivity contribution in [3.8, 4) is 0 Å². The molecule has 1 N–H and O–H groups in total. The van der Waals surface area contributed by atoms with Gasteiger partial charge in [0.25, 0.3) is 0 Å². The van der Waals surface area contributed by atoms with Gasteiger partial charge in [-0.2, -0.15) is 0 Å². The Bertz CT molecular complexity index is 312. The Kier molecular flexibility index (Phi) is 3.28. The summed E-state index contributed by atoms with van der Waals surface area (Å²) in [5.41, 5.74) is 2.10. The maximum absolute atomic E-state index is 10.7. The van der Waals surface area contributed by atoms with Crippen molar-refractivity contribution in [3.05, 3.63) is 35.4 Å². The lowest BCUT2D eigenvalue weighted by Gasteiger charge is -2.09. The molecule has 0 saturated carbocycles. The van der Waals surface area contributed by atoms with Gasteiger partial charge in [0.1, 0.15) is 0 Å². The molecule has 0 aromatic heterocycles. The van der Waals surface area contributed by atoms with Crippen LogP contribution in [-0.2, 0) is 4.79 Å². The molecule has 0 bridgehead atoms. The minimum Gasteiger partial charge on any atom is -0.481 e. The molecule has 0 aliphatic carbocycles. The molecule has 1 rings (SSSR count). The van der Waals surface area contributed by atoms with Gasteiger partial charge in [0.05, 0.1) is 5.92 Å². The van der Waals surface area contributed by atoms with Crippen LogP contribution >= 0.6 is 0 Å². The predicted octanol–water partition coefficient (Wildman–Crippen LogP) is 3.00. The van der Waals surface area contributed by atoms with E-state index in [1.165, 1.54) is 5.56 Å². The van der Waals surface area contributed by atoms with E-state index in [4.69, 9.17) is 5.11 Å². The van der Waals surface area contributed by atoms with E-state index in [1.54, 1.807) is 6.92 Å². The van der Waals surface area contributed by atoms with E-state index in [0.717, 1.165) is 5.56 Å². The Morgan fingerprint density at radius 2 is 1.50 bits per heavy atom. The summed E-state index contributed by atoms with van der Waals surface area (Å²) in [5.74, 6) is -0.706. The second kappa shape index (κ2) is 4.27. The SMILES string of the molecule is CC(C)c1ccc([C@@H](C)C(=O)O)cc1. The average Bonchev–Trinajstić information content (AvgIpc) is 2.16. The average molecular weight is 192 g/mol. The molecule has 2 heteroatoms. The third kappa shape index (κ3) is 2.34. The van der Waals surface area contributed by atoms with Crippen molar-refractivity contribution in [3.63, 3.8) is 0 Å². The van der Waals surface area contributed by atoms with Crippen LogP contribution in [-0.4, -0.2) is 11.1 Å². The Morgan fingerprint density at radius 1 is 1.07 bits per heavy atom. The van der Waals surface area contributed by atoms with Crippen LogP contribution in [0.15, 0.2) is 24.3 Å². The van der Waals surface area contributed by atoms with Gasteiger partial charge in [-0.1, -0.05) is 38.1 Å². The van der Waals surface area contributed by atoms with Crippen LogP contribution in [0.1, 0.15) is 43.7 Å². The lowest BCUT2D eigenvalue weighted by atomic mass is 9.96. The molecule has 76 valence electrons. The van der Waals surface area contributed by atoms with E-state index in [2.05, 4.69) is 13.8 Å². The second-order valence-electron chi connectivity index (χ2n) is 3.88. The first kappa shape index (κ1) is 10.8. The predicted molar refractivity (Wildman–Crippen MR) is 56.6 cm³/mol. The summed E-state index contributed by atoms with van der Waals surface area (Å²) in [6.45, 7) is 5.94. The highest BCUT2D eigenvalue weighted by atomic mass is 16.4. The van der Waals surface area contributed by atoms with Gasteiger partial charge in [-0.3, -0.25) is 4.79 Å². The minimum atomic E-state index is -0.776. The molecule has 0 spiro atoms. The zero-order chi connectivity index (χ0) is 10.7. The number of hydrogen-bond donors (Lipinski definition) is 1. The summed E-state index contributed by atoms with van der Waals surface area (Å²) in [6, 6.07) is 7.79. The molecule has 0 radical (unpaired) electrons. The first-order valence-corrected chi connectivity index (χ1v) is 4.85. The summed E-state index contributed by atoms with van der Waals surface area (Å²) in [5, 5.41) is 8.81. The highest BCUT2D eigenvalue weighted by Crippen LogP contribution is 2.19. The van der Waals surface area contributed by atoms with E-state index >= 15 is 0 Å². The molecule has 2 nitrogen and oxygen atoms in total. The van der Waals surface area contributed by atoms with Crippen LogP contribution in [0.5, 0.6) is 0 Å². The highest BCUT2D eigenvalue weighted by Gasteiger charge is 2.13. The molecule has 0 unspecified atom stereocenters. The number of carboxylic acids is 1. The van der Waals surface area contributed by atoms with E-state index in [9.17, 15) is 4.79 Å². The van der Waals surface area contributed by atoms with Gasteiger partial charge in [0.2, 0.25) is 0 Å². The maximum Gasteiger partial charge on any atom is 0.310 e. The van der Waals surface area contributed by atoms with Crippen LogP contribution in [0.3, 0.4) is 0 Å². The van der Waals surface area contributed by atoms with E-state index in [0.29, 0.717) is 5.92 Å². The summed E-state index contributed by atoms with van der Waals surface area (Å²) in [7, 11) is 0. The zero-order valence-corrected chi connectivity index (χ0v) is 8.82. The Morgan fingerprint density at radius 3 is 1.86 bits per heavy atom. The monoisotopic (exact) mass is 192 g/mol. The molecular formula is C12H16O2. The molecule has 0 aliphatic heterocycles. The Labute approximate surface area is 84.6 Å². The quantitative estimate of drug-likeness (QED) is 0.799. The first-order valence-electron chi connectivity index (χ1n) is 4.85. The zero-order valence-electron chi connectivity index (χ0n) is 8.82. The molecular weight excluding hydrogens is 176 g/mol. The first-order chi connectivity index (χ1) is 6.52. The van der Waals surface area contributed by atoms with Crippen LogP contribution in [0.25, 0.3) is 0 Å². The number of carboxylic acid groups (broad SMARTS) is 1. The van der Waals surface area contributed by atoms with E-state index in [-0.39, 0.29) is 0 Å². The van der Waals surface area contributed by atoms with Crippen LogP contribution in [0.2, 0.25) is 0 Å². The van der Waals surface area contributed by atoms with Gasteiger partial charge in [-0.05, 0) is 24.0 Å². The van der Waals surface area contributed by atoms with Gasteiger partial charge in [0, 0.05) is 0 Å². The second-order valence-corrected chi connectivity index (χ2v) is 3.88. The summed E-state index contributed by atoms with van der Waals surface area (Å²) in [6.07, 6.45) is 0. The van der Waals surface area contributed by atoms with E-state index in [1.807, 2.05) is 24.3 Å². The van der Waals surface area contributed by atoms with Crippen LogP contribution < -0.4 is 0 Å². The lowest BCUT2D eigenvalue weighted by Crippen LogP contribution is -2.07. The molecule has 0 fully saturated rings. The Hall–Kier alpha value is -1.31. The molecule has 1 atom stereocenters. The molecule has 0 amide bonds. The number of rotatable bonds is 3. The van der Waals surface area contributed by atoms with Crippen molar-refractivity contribution >= 4 is 5.97 Å². The summed E-state index contributed by atoms with van der Waals surface area (Å²) < 4.78 is 0. The highest BCUT2D eigenvalue weighted by molar-refractivity contribution is 5.75. The Balaban J connectivity index is 2.88. The van der Waals surface area contributed by atoms with Crippen molar-refractivity contribution in [2.45, 2.75) is 32.6 Å². The minimum absolute atomic E-state index is 0.420. The number of hydrogen-bond acceptors (Lipinski definition) is 1. The normalized spacial score (nSPS) is 12.9. The van der Waals surface area contributed by atoms with Crippen molar-refractivity contribution < 1.29 is 9.90 Å². The third-order valence-electron chi connectivity index (χ3n) is 2.47. The molecule has 0 aliphatic rings. The van der Waals surface area contributed by atoms with Gasteiger partial charge < -0.3 is 5.11 Å². The topological polar surface area (TPSA) is 37.3 Å². The smallest absolute Gasteiger partial charge is 0.310 e. The number of carbonyl (C=O) groups is 1. The third-order valence-corrected chi connectivity index (χ3v) is 2.47. The van der Waals surface area contributed by atoms with Gasteiger partial charge in [0.15, 0.2) is 0 Å². The lowest BCUT2D eigenvalue weighted by molar-refractivity contribution is -0.138. The van der Waals surface area contributed by atoms with Crippen molar-refractivity contribution in [2.24, 2.45) is 0 Å². The molecule has 0 saturated heterocycles.